The normalized spacial score (nSPS) is 19.1. The van der Waals surface area contributed by atoms with Crippen LogP contribution in [0.15, 0.2) is 0 Å². The maximum atomic E-state index is 12.0. The zero-order valence-corrected chi connectivity index (χ0v) is 14.4. The number of halogens is 1. The van der Waals surface area contributed by atoms with Crippen LogP contribution in [0.3, 0.4) is 0 Å². The number of amides is 3. The molecule has 1 aliphatic rings. The summed E-state index contributed by atoms with van der Waals surface area (Å²) in [6.07, 6.45) is 0.599. The quantitative estimate of drug-likeness (QED) is 0.616. The molecule has 128 valence electrons. The number of carbonyl (C=O) groups is 3. The number of nitrogens with one attached hydrogen (secondary N) is 2. The molecule has 8 heteroatoms. The molecule has 1 saturated heterocycles. The van der Waals surface area contributed by atoms with Gasteiger partial charge < -0.3 is 21.3 Å². The molecule has 1 rings (SSSR count). The number of hydrogen-bond donors (Lipinski definition) is 3. The van der Waals surface area contributed by atoms with E-state index in [2.05, 4.69) is 10.6 Å². The summed E-state index contributed by atoms with van der Waals surface area (Å²) >= 11 is 0. The van der Waals surface area contributed by atoms with Crippen LogP contribution in [-0.4, -0.2) is 53.8 Å². The van der Waals surface area contributed by atoms with Crippen LogP contribution in [0.1, 0.15) is 34.1 Å². The summed E-state index contributed by atoms with van der Waals surface area (Å²) in [4.78, 5) is 37.2. The first-order valence-corrected chi connectivity index (χ1v) is 7.37. The molecule has 4 N–H and O–H groups in total. The third-order valence-electron chi connectivity index (χ3n) is 3.64. The van der Waals surface area contributed by atoms with Gasteiger partial charge in [-0.05, 0) is 26.2 Å². The molecule has 7 nitrogen and oxygen atoms in total. The molecule has 1 heterocycles. The topological polar surface area (TPSA) is 105 Å². The summed E-state index contributed by atoms with van der Waals surface area (Å²) in [6, 6.07) is -0.999. The Balaban J connectivity index is 0.00000441. The molecular weight excluding hydrogens is 308 g/mol. The highest BCUT2D eigenvalue weighted by Gasteiger charge is 2.33. The van der Waals surface area contributed by atoms with Crippen molar-refractivity contribution in [3.63, 3.8) is 0 Å². The lowest BCUT2D eigenvalue weighted by Crippen LogP contribution is -2.50. The second kappa shape index (κ2) is 8.95. The molecule has 3 amide bonds. The molecule has 0 aromatic carbocycles. The Morgan fingerprint density at radius 3 is 2.36 bits per heavy atom. The van der Waals surface area contributed by atoms with Crippen molar-refractivity contribution in [2.45, 2.75) is 52.2 Å². The lowest BCUT2D eigenvalue weighted by atomic mass is 10.1. The standard InChI is InChI=1S/C14H26N4O3.ClH/c1-8(2)12(15)13(20)16-7-11(19)17-10-5-6-18(9(3)4)14(10)21;/h8-10,12H,5-7,15H2,1-4H3,(H,16,20)(H,17,19);1H/t10?,12-;/m0./s1. The van der Waals surface area contributed by atoms with Crippen LogP contribution in [0.25, 0.3) is 0 Å². The van der Waals surface area contributed by atoms with Gasteiger partial charge in [-0.1, -0.05) is 13.8 Å². The van der Waals surface area contributed by atoms with Gasteiger partial charge in [-0.15, -0.1) is 12.4 Å². The van der Waals surface area contributed by atoms with Gasteiger partial charge >= 0.3 is 0 Å². The van der Waals surface area contributed by atoms with Crippen LogP contribution < -0.4 is 16.4 Å². The molecule has 0 aromatic rings. The van der Waals surface area contributed by atoms with Gasteiger partial charge in [0.2, 0.25) is 17.7 Å². The van der Waals surface area contributed by atoms with Crippen molar-refractivity contribution in [2.75, 3.05) is 13.1 Å². The van der Waals surface area contributed by atoms with Crippen molar-refractivity contribution in [1.29, 1.82) is 0 Å². The molecule has 0 aromatic heterocycles. The zero-order valence-electron chi connectivity index (χ0n) is 13.6. The smallest absolute Gasteiger partial charge is 0.245 e. The maximum absolute atomic E-state index is 12.0. The minimum atomic E-state index is -0.637. The van der Waals surface area contributed by atoms with Crippen molar-refractivity contribution < 1.29 is 14.4 Å². The van der Waals surface area contributed by atoms with Crippen molar-refractivity contribution >= 4 is 30.1 Å². The summed E-state index contributed by atoms with van der Waals surface area (Å²) in [5, 5.41) is 5.14. The van der Waals surface area contributed by atoms with Crippen LogP contribution in [0.4, 0.5) is 0 Å². The Morgan fingerprint density at radius 2 is 1.91 bits per heavy atom. The predicted octanol–water partition coefficient (Wildman–Crippen LogP) is -0.367. The van der Waals surface area contributed by atoms with E-state index in [1.165, 1.54) is 0 Å². The molecule has 0 bridgehead atoms. The maximum Gasteiger partial charge on any atom is 0.245 e. The van der Waals surface area contributed by atoms with Gasteiger partial charge in [0.25, 0.3) is 0 Å². The Morgan fingerprint density at radius 1 is 1.32 bits per heavy atom. The monoisotopic (exact) mass is 334 g/mol. The highest BCUT2D eigenvalue weighted by atomic mass is 35.5. The molecule has 1 unspecified atom stereocenters. The number of hydrogen-bond acceptors (Lipinski definition) is 4. The fourth-order valence-corrected chi connectivity index (χ4v) is 2.18. The first kappa shape index (κ1) is 20.7. The van der Waals surface area contributed by atoms with Gasteiger partial charge in [0, 0.05) is 12.6 Å². The summed E-state index contributed by atoms with van der Waals surface area (Å²) < 4.78 is 0. The van der Waals surface area contributed by atoms with E-state index >= 15 is 0 Å². The number of rotatable bonds is 6. The van der Waals surface area contributed by atoms with Crippen molar-refractivity contribution in [3.05, 3.63) is 0 Å². The third kappa shape index (κ3) is 5.46. The third-order valence-corrected chi connectivity index (χ3v) is 3.64. The number of likely N-dealkylation sites (tertiary alicyclic amines) is 1. The lowest BCUT2D eigenvalue weighted by molar-refractivity contribution is -0.133. The average Bonchev–Trinajstić information content (AvgIpc) is 2.76. The molecule has 0 saturated carbocycles. The number of nitrogens with two attached hydrogens (primary N) is 1. The van der Waals surface area contributed by atoms with Crippen molar-refractivity contribution in [2.24, 2.45) is 11.7 Å². The van der Waals surface area contributed by atoms with E-state index in [4.69, 9.17) is 5.73 Å². The Labute approximate surface area is 137 Å². The van der Waals surface area contributed by atoms with E-state index in [0.717, 1.165) is 0 Å². The minimum absolute atomic E-state index is 0. The first-order valence-electron chi connectivity index (χ1n) is 7.37. The van der Waals surface area contributed by atoms with Crippen LogP contribution in [0.2, 0.25) is 0 Å². The van der Waals surface area contributed by atoms with Gasteiger partial charge in [0.05, 0.1) is 12.6 Å². The summed E-state index contributed by atoms with van der Waals surface area (Å²) in [6.45, 7) is 8.03. The molecular formula is C14H27ClN4O3. The molecule has 0 spiro atoms. The van der Waals surface area contributed by atoms with Gasteiger partial charge in [-0.25, -0.2) is 0 Å². The Bertz CT molecular complexity index is 415. The van der Waals surface area contributed by atoms with Crippen molar-refractivity contribution in [1.82, 2.24) is 15.5 Å². The largest absolute Gasteiger partial charge is 0.346 e. The minimum Gasteiger partial charge on any atom is -0.346 e. The zero-order chi connectivity index (χ0) is 16.2. The molecule has 22 heavy (non-hydrogen) atoms. The second-order valence-corrected chi connectivity index (χ2v) is 6.02. The summed E-state index contributed by atoms with van der Waals surface area (Å²) in [7, 11) is 0. The van der Waals surface area contributed by atoms with Gasteiger partial charge in [-0.3, -0.25) is 14.4 Å². The number of carbonyl (C=O) groups excluding carboxylic acids is 3. The van der Waals surface area contributed by atoms with E-state index in [1.807, 2.05) is 27.7 Å². The molecule has 0 radical (unpaired) electrons. The van der Waals surface area contributed by atoms with E-state index < -0.39 is 12.1 Å². The summed E-state index contributed by atoms with van der Waals surface area (Å²) in [5.41, 5.74) is 5.68. The van der Waals surface area contributed by atoms with Gasteiger partial charge in [0.15, 0.2) is 0 Å². The van der Waals surface area contributed by atoms with E-state index in [-0.39, 0.29) is 48.6 Å². The van der Waals surface area contributed by atoms with Crippen LogP contribution in [0.5, 0.6) is 0 Å². The predicted molar refractivity (Wildman–Crippen MR) is 86.5 cm³/mol. The lowest BCUT2D eigenvalue weighted by Gasteiger charge is -2.21. The highest BCUT2D eigenvalue weighted by Crippen LogP contribution is 2.14. The van der Waals surface area contributed by atoms with Gasteiger partial charge in [-0.2, -0.15) is 0 Å². The molecule has 1 fully saturated rings. The fraction of sp³-hybridized carbons (Fsp3) is 0.786. The average molecular weight is 335 g/mol. The van der Waals surface area contributed by atoms with Gasteiger partial charge in [0.1, 0.15) is 6.04 Å². The van der Waals surface area contributed by atoms with Crippen LogP contribution in [-0.2, 0) is 14.4 Å². The molecule has 2 atom stereocenters. The summed E-state index contributed by atoms with van der Waals surface area (Å²) in [5.74, 6) is -0.794. The highest BCUT2D eigenvalue weighted by molar-refractivity contribution is 5.92. The van der Waals surface area contributed by atoms with Crippen molar-refractivity contribution in [3.8, 4) is 0 Å². The number of nitrogens with zero attached hydrogens (tertiary/aromatic N) is 1. The molecule has 0 aliphatic carbocycles. The molecule has 1 aliphatic heterocycles. The second-order valence-electron chi connectivity index (χ2n) is 6.02. The van der Waals surface area contributed by atoms with Crippen LogP contribution >= 0.6 is 12.4 Å². The van der Waals surface area contributed by atoms with Crippen LogP contribution in [0, 0.1) is 5.92 Å². The Kier molecular flexibility index (Phi) is 8.40. The SMILES string of the molecule is CC(C)[C@H](N)C(=O)NCC(=O)NC1CCN(C(C)C)C1=O.Cl. The van der Waals surface area contributed by atoms with E-state index in [9.17, 15) is 14.4 Å². The van der Waals surface area contributed by atoms with E-state index in [1.54, 1.807) is 4.90 Å². The fourth-order valence-electron chi connectivity index (χ4n) is 2.18. The first-order chi connectivity index (χ1) is 9.73. The van der Waals surface area contributed by atoms with E-state index in [0.29, 0.717) is 13.0 Å². The Hall–Kier alpha value is -1.34.